The molecule has 0 bridgehead atoms. The maximum atomic E-state index is 10.3. The Morgan fingerprint density at radius 2 is 1.93 bits per heavy atom. The zero-order valence-electron chi connectivity index (χ0n) is 7.21. The van der Waals surface area contributed by atoms with Gasteiger partial charge in [-0.15, -0.1) is 0 Å². The molecule has 76 valence electrons. The van der Waals surface area contributed by atoms with Crippen LogP contribution in [0.1, 0.15) is 18.1 Å². The zero-order valence-corrected chi connectivity index (χ0v) is 7.21. The highest BCUT2D eigenvalue weighted by molar-refractivity contribution is 5.67. The van der Waals surface area contributed by atoms with E-state index in [4.69, 9.17) is 15.3 Å². The molecule has 0 aromatic heterocycles. The van der Waals surface area contributed by atoms with Crippen molar-refractivity contribution >= 4 is 5.97 Å². The van der Waals surface area contributed by atoms with Crippen molar-refractivity contribution in [3.8, 4) is 11.5 Å². The van der Waals surface area contributed by atoms with E-state index in [0.717, 1.165) is 6.07 Å². The van der Waals surface area contributed by atoms with Crippen LogP contribution < -0.4 is 0 Å². The molecule has 0 saturated carbocycles. The molecule has 0 aliphatic rings. The van der Waals surface area contributed by atoms with Gasteiger partial charge in [-0.2, -0.15) is 0 Å². The van der Waals surface area contributed by atoms with Gasteiger partial charge in [0.1, 0.15) is 0 Å². The Morgan fingerprint density at radius 3 is 2.43 bits per heavy atom. The summed E-state index contributed by atoms with van der Waals surface area (Å²) in [6.07, 6.45) is -1.62. The predicted octanol–water partition coefficient (Wildman–Crippen LogP) is 0.606. The number of aromatic hydroxyl groups is 2. The number of phenolic OH excluding ortho intramolecular Hbond substituents is 2. The van der Waals surface area contributed by atoms with Crippen LogP contribution >= 0.6 is 0 Å². The van der Waals surface area contributed by atoms with Crippen molar-refractivity contribution in [3.63, 3.8) is 0 Å². The number of aliphatic hydroxyl groups is 1. The van der Waals surface area contributed by atoms with Gasteiger partial charge in [-0.3, -0.25) is 4.79 Å². The van der Waals surface area contributed by atoms with Crippen LogP contribution in [0.2, 0.25) is 0 Å². The third-order valence-electron chi connectivity index (χ3n) is 1.75. The number of carboxylic acid groups (broad SMARTS) is 1. The third-order valence-corrected chi connectivity index (χ3v) is 1.75. The molecule has 0 spiro atoms. The molecule has 0 aliphatic carbocycles. The normalized spacial score (nSPS) is 12.4. The second-order valence-corrected chi connectivity index (χ2v) is 2.86. The van der Waals surface area contributed by atoms with Gasteiger partial charge in [-0.25, -0.2) is 0 Å². The van der Waals surface area contributed by atoms with Crippen molar-refractivity contribution in [1.82, 2.24) is 0 Å². The lowest BCUT2D eigenvalue weighted by Gasteiger charge is -2.08. The van der Waals surface area contributed by atoms with Gasteiger partial charge in [-0.1, -0.05) is 6.07 Å². The highest BCUT2D eigenvalue weighted by Crippen LogP contribution is 2.28. The Kier molecular flexibility index (Phi) is 2.93. The molecule has 0 saturated heterocycles. The Labute approximate surface area is 79.9 Å². The first kappa shape index (κ1) is 10.3. The number of aliphatic hydroxyl groups excluding tert-OH is 1. The molecule has 0 unspecified atom stereocenters. The van der Waals surface area contributed by atoms with Crippen LogP contribution in [0.3, 0.4) is 0 Å². The third kappa shape index (κ3) is 2.37. The molecule has 0 aliphatic heterocycles. The molecule has 0 radical (unpaired) electrons. The summed E-state index contributed by atoms with van der Waals surface area (Å²) in [7, 11) is 0. The van der Waals surface area contributed by atoms with Gasteiger partial charge in [-0.05, 0) is 17.7 Å². The van der Waals surface area contributed by atoms with Gasteiger partial charge in [0, 0.05) is 0 Å². The summed E-state index contributed by atoms with van der Waals surface area (Å²) in [5.41, 5.74) is 0.253. The van der Waals surface area contributed by atoms with Crippen molar-refractivity contribution in [2.24, 2.45) is 0 Å². The SMILES string of the molecule is O=C(O)C[C@@H](O)c1ccc(O)c(O)c1. The van der Waals surface area contributed by atoms with E-state index < -0.39 is 18.5 Å². The highest BCUT2D eigenvalue weighted by atomic mass is 16.4. The van der Waals surface area contributed by atoms with Gasteiger partial charge >= 0.3 is 5.97 Å². The number of phenols is 2. The van der Waals surface area contributed by atoms with Crippen molar-refractivity contribution in [1.29, 1.82) is 0 Å². The molecule has 5 nitrogen and oxygen atoms in total. The smallest absolute Gasteiger partial charge is 0.306 e. The van der Waals surface area contributed by atoms with E-state index in [0.29, 0.717) is 0 Å². The summed E-state index contributed by atoms with van der Waals surface area (Å²) in [4.78, 5) is 10.3. The summed E-state index contributed by atoms with van der Waals surface area (Å²) >= 11 is 0. The fraction of sp³-hybridized carbons (Fsp3) is 0.222. The average Bonchev–Trinajstić information content (AvgIpc) is 2.08. The fourth-order valence-corrected chi connectivity index (χ4v) is 1.03. The van der Waals surface area contributed by atoms with Crippen LogP contribution in [0.4, 0.5) is 0 Å². The van der Waals surface area contributed by atoms with Gasteiger partial charge in [0.25, 0.3) is 0 Å². The Morgan fingerprint density at radius 1 is 1.29 bits per heavy atom. The maximum absolute atomic E-state index is 10.3. The molecule has 0 fully saturated rings. The first-order valence-corrected chi connectivity index (χ1v) is 3.92. The van der Waals surface area contributed by atoms with E-state index in [-0.39, 0.29) is 17.1 Å². The molecule has 0 amide bonds. The maximum Gasteiger partial charge on any atom is 0.306 e. The molecule has 0 heterocycles. The van der Waals surface area contributed by atoms with Crippen molar-refractivity contribution in [3.05, 3.63) is 23.8 Å². The topological polar surface area (TPSA) is 98.0 Å². The van der Waals surface area contributed by atoms with E-state index in [1.54, 1.807) is 0 Å². The van der Waals surface area contributed by atoms with E-state index in [2.05, 4.69) is 0 Å². The van der Waals surface area contributed by atoms with Crippen LogP contribution in [0.15, 0.2) is 18.2 Å². The quantitative estimate of drug-likeness (QED) is 0.533. The minimum atomic E-state index is -1.18. The molecule has 1 atom stereocenters. The van der Waals surface area contributed by atoms with Crippen LogP contribution in [0.5, 0.6) is 11.5 Å². The number of rotatable bonds is 3. The Hall–Kier alpha value is -1.75. The number of benzene rings is 1. The second-order valence-electron chi connectivity index (χ2n) is 2.86. The van der Waals surface area contributed by atoms with Crippen LogP contribution in [-0.4, -0.2) is 26.4 Å². The molecule has 5 heteroatoms. The minimum Gasteiger partial charge on any atom is -0.504 e. The van der Waals surface area contributed by atoms with Gasteiger partial charge in [0.05, 0.1) is 12.5 Å². The molecular weight excluding hydrogens is 188 g/mol. The Bertz CT molecular complexity index is 347. The number of aliphatic carboxylic acids is 1. The largest absolute Gasteiger partial charge is 0.504 e. The molecule has 1 aromatic rings. The lowest BCUT2D eigenvalue weighted by molar-refractivity contribution is -0.139. The number of hydrogen-bond acceptors (Lipinski definition) is 4. The lowest BCUT2D eigenvalue weighted by atomic mass is 10.1. The van der Waals surface area contributed by atoms with E-state index in [1.807, 2.05) is 0 Å². The molecule has 14 heavy (non-hydrogen) atoms. The van der Waals surface area contributed by atoms with E-state index in [9.17, 15) is 9.90 Å². The monoisotopic (exact) mass is 198 g/mol. The average molecular weight is 198 g/mol. The number of carbonyl (C=O) groups is 1. The predicted molar refractivity (Wildman–Crippen MR) is 47.0 cm³/mol. The molecule has 1 aromatic carbocycles. The second kappa shape index (κ2) is 3.97. The van der Waals surface area contributed by atoms with Crippen molar-refractivity contribution in [2.75, 3.05) is 0 Å². The Balaban J connectivity index is 2.85. The van der Waals surface area contributed by atoms with Gasteiger partial charge in [0.2, 0.25) is 0 Å². The minimum absolute atomic E-state index is 0.253. The summed E-state index contributed by atoms with van der Waals surface area (Å²) < 4.78 is 0. The van der Waals surface area contributed by atoms with Crippen molar-refractivity contribution < 1.29 is 25.2 Å². The summed E-state index contributed by atoms with van der Waals surface area (Å²) in [5.74, 6) is -1.83. The first-order valence-electron chi connectivity index (χ1n) is 3.92. The first-order chi connectivity index (χ1) is 6.50. The molecule has 1 rings (SSSR count). The fourth-order valence-electron chi connectivity index (χ4n) is 1.03. The van der Waals surface area contributed by atoms with Crippen LogP contribution in [0.25, 0.3) is 0 Å². The van der Waals surface area contributed by atoms with Gasteiger partial charge < -0.3 is 20.4 Å². The van der Waals surface area contributed by atoms with Crippen molar-refractivity contribution in [2.45, 2.75) is 12.5 Å². The van der Waals surface area contributed by atoms with Crippen LogP contribution in [-0.2, 0) is 4.79 Å². The zero-order chi connectivity index (χ0) is 10.7. The van der Waals surface area contributed by atoms with E-state index in [1.165, 1.54) is 12.1 Å². The number of hydrogen-bond donors (Lipinski definition) is 4. The summed E-state index contributed by atoms with van der Waals surface area (Å²) in [5, 5.41) is 35.8. The van der Waals surface area contributed by atoms with Gasteiger partial charge in [0.15, 0.2) is 11.5 Å². The lowest BCUT2D eigenvalue weighted by Crippen LogP contribution is -2.05. The summed E-state index contributed by atoms with van der Waals surface area (Å²) in [6.45, 7) is 0. The molecular formula is C9H10O5. The van der Waals surface area contributed by atoms with Crippen LogP contribution in [0, 0.1) is 0 Å². The molecule has 4 N–H and O–H groups in total. The number of carboxylic acids is 1. The van der Waals surface area contributed by atoms with E-state index >= 15 is 0 Å². The summed E-state index contributed by atoms with van der Waals surface area (Å²) in [6, 6.07) is 3.67. The highest BCUT2D eigenvalue weighted by Gasteiger charge is 2.13. The standard InChI is InChI=1S/C9H10O5/c10-6-2-1-5(3-8(6)12)7(11)4-9(13)14/h1-3,7,10-12H,4H2,(H,13,14)/t7-/m1/s1.